The van der Waals surface area contributed by atoms with Crippen LogP contribution in [0.2, 0.25) is 15.1 Å². The molecule has 2 N–H and O–H groups in total. The lowest BCUT2D eigenvalue weighted by atomic mass is 10.2. The average molecular weight is 392 g/mol. The minimum absolute atomic E-state index is 0.154. The molecule has 126 valence electrons. The smallest absolute Gasteiger partial charge is 0.276 e. The van der Waals surface area contributed by atoms with Gasteiger partial charge in [0.05, 0.1) is 20.6 Å². The van der Waals surface area contributed by atoms with Gasteiger partial charge in [-0.1, -0.05) is 46.9 Å². The first-order chi connectivity index (χ1) is 11.4. The fraction of sp³-hybridized carbons (Fsp3) is 0.0667. The van der Waals surface area contributed by atoms with E-state index in [2.05, 4.69) is 10.9 Å². The van der Waals surface area contributed by atoms with Crippen molar-refractivity contribution in [3.8, 4) is 5.75 Å². The number of ether oxygens (including phenoxy) is 1. The second-order valence-corrected chi connectivity index (χ2v) is 5.69. The van der Waals surface area contributed by atoms with Crippen LogP contribution in [0.5, 0.6) is 5.75 Å². The highest BCUT2D eigenvalue weighted by Gasteiger charge is 2.13. The third-order valence-electron chi connectivity index (χ3n) is 2.77. The fourth-order valence-corrected chi connectivity index (χ4v) is 2.22. The summed E-state index contributed by atoms with van der Waals surface area (Å²) in [6.07, 6.45) is 0. The SMILES string of the molecule is O=C(COc1cc(Cl)c(Cl)cc1Cl)NNC(=O)c1ccccc1F. The lowest BCUT2D eigenvalue weighted by Gasteiger charge is -2.10. The van der Waals surface area contributed by atoms with Crippen molar-refractivity contribution in [2.45, 2.75) is 0 Å². The molecular formula is C15H10Cl3FN2O3. The molecule has 0 aliphatic rings. The number of halogens is 4. The molecule has 0 heterocycles. The molecule has 2 aromatic carbocycles. The summed E-state index contributed by atoms with van der Waals surface area (Å²) in [6, 6.07) is 8.08. The van der Waals surface area contributed by atoms with Gasteiger partial charge in [0, 0.05) is 6.07 Å². The van der Waals surface area contributed by atoms with E-state index in [1.165, 1.54) is 30.3 Å². The van der Waals surface area contributed by atoms with Gasteiger partial charge in [-0.15, -0.1) is 0 Å². The van der Waals surface area contributed by atoms with E-state index in [1.807, 2.05) is 0 Å². The Labute approximate surface area is 151 Å². The molecule has 0 atom stereocenters. The largest absolute Gasteiger partial charge is 0.482 e. The van der Waals surface area contributed by atoms with E-state index in [4.69, 9.17) is 39.5 Å². The number of rotatable bonds is 4. The van der Waals surface area contributed by atoms with Crippen LogP contribution in [0.25, 0.3) is 0 Å². The van der Waals surface area contributed by atoms with Gasteiger partial charge in [-0.3, -0.25) is 20.4 Å². The third-order valence-corrected chi connectivity index (χ3v) is 3.79. The number of hydrogen-bond donors (Lipinski definition) is 2. The minimum atomic E-state index is -0.797. The standard InChI is InChI=1S/C15H10Cl3FN2O3/c16-9-5-11(18)13(6-10(9)17)24-7-14(22)20-21-15(23)8-3-1-2-4-12(8)19/h1-6H,7H2,(H,20,22)(H,21,23). The van der Waals surface area contributed by atoms with Crippen molar-refractivity contribution in [1.29, 1.82) is 0 Å². The first-order valence-corrected chi connectivity index (χ1v) is 7.63. The molecule has 2 rings (SSSR count). The van der Waals surface area contributed by atoms with E-state index < -0.39 is 24.2 Å². The van der Waals surface area contributed by atoms with E-state index in [1.54, 1.807) is 0 Å². The summed E-state index contributed by atoms with van der Waals surface area (Å²) >= 11 is 17.5. The van der Waals surface area contributed by atoms with E-state index in [-0.39, 0.29) is 26.4 Å². The number of benzene rings is 2. The van der Waals surface area contributed by atoms with Crippen molar-refractivity contribution >= 4 is 46.6 Å². The molecule has 0 saturated carbocycles. The quantitative estimate of drug-likeness (QED) is 0.618. The Morgan fingerprint density at radius 2 is 1.67 bits per heavy atom. The van der Waals surface area contributed by atoms with Gasteiger partial charge in [-0.25, -0.2) is 4.39 Å². The highest BCUT2D eigenvalue weighted by Crippen LogP contribution is 2.33. The highest BCUT2D eigenvalue weighted by atomic mass is 35.5. The molecule has 0 aromatic heterocycles. The second kappa shape index (κ2) is 8.19. The van der Waals surface area contributed by atoms with Crippen LogP contribution in [0.3, 0.4) is 0 Å². The molecule has 0 bridgehead atoms. The summed E-state index contributed by atoms with van der Waals surface area (Å²) in [5.41, 5.74) is 3.96. The molecule has 0 unspecified atom stereocenters. The maximum Gasteiger partial charge on any atom is 0.276 e. The summed E-state index contributed by atoms with van der Waals surface area (Å²) in [5, 5.41) is 0.632. The average Bonchev–Trinajstić information content (AvgIpc) is 2.55. The highest BCUT2D eigenvalue weighted by molar-refractivity contribution is 6.43. The van der Waals surface area contributed by atoms with E-state index >= 15 is 0 Å². The number of nitrogens with one attached hydrogen (secondary N) is 2. The van der Waals surface area contributed by atoms with Crippen molar-refractivity contribution in [3.63, 3.8) is 0 Å². The molecule has 0 saturated heterocycles. The molecule has 9 heteroatoms. The van der Waals surface area contributed by atoms with Crippen LogP contribution in [-0.2, 0) is 4.79 Å². The van der Waals surface area contributed by atoms with Crippen molar-refractivity contribution in [2.24, 2.45) is 0 Å². The van der Waals surface area contributed by atoms with E-state index in [0.717, 1.165) is 6.07 Å². The predicted octanol–water partition coefficient (Wildman–Crippen LogP) is 3.63. The molecule has 0 radical (unpaired) electrons. The van der Waals surface area contributed by atoms with Crippen LogP contribution < -0.4 is 15.6 Å². The third kappa shape index (κ3) is 4.74. The zero-order valence-corrected chi connectivity index (χ0v) is 14.2. The Bertz CT molecular complexity index is 787. The molecule has 2 aromatic rings. The zero-order valence-electron chi connectivity index (χ0n) is 11.9. The van der Waals surface area contributed by atoms with Gasteiger partial charge < -0.3 is 4.74 Å². The van der Waals surface area contributed by atoms with Gasteiger partial charge in [0.2, 0.25) is 0 Å². The van der Waals surface area contributed by atoms with Crippen molar-refractivity contribution < 1.29 is 18.7 Å². The molecule has 0 spiro atoms. The van der Waals surface area contributed by atoms with Gasteiger partial charge in [0.1, 0.15) is 11.6 Å². The summed E-state index contributed by atoms with van der Waals surface area (Å²) in [4.78, 5) is 23.4. The lowest BCUT2D eigenvalue weighted by molar-refractivity contribution is -0.123. The molecule has 2 amide bonds. The van der Waals surface area contributed by atoms with Gasteiger partial charge in [0.15, 0.2) is 6.61 Å². The molecule has 0 aliphatic heterocycles. The van der Waals surface area contributed by atoms with Crippen LogP contribution in [0.4, 0.5) is 4.39 Å². The van der Waals surface area contributed by atoms with E-state index in [0.29, 0.717) is 0 Å². The Morgan fingerprint density at radius 1 is 1.00 bits per heavy atom. The Balaban J connectivity index is 1.87. The van der Waals surface area contributed by atoms with Crippen LogP contribution in [0.1, 0.15) is 10.4 Å². The molecule has 5 nitrogen and oxygen atoms in total. The van der Waals surface area contributed by atoms with Crippen molar-refractivity contribution in [2.75, 3.05) is 6.61 Å². The van der Waals surface area contributed by atoms with Crippen LogP contribution >= 0.6 is 34.8 Å². The minimum Gasteiger partial charge on any atom is -0.482 e. The summed E-state index contributed by atoms with van der Waals surface area (Å²) in [5.74, 6) is -2.03. The summed E-state index contributed by atoms with van der Waals surface area (Å²) in [6.45, 7) is -0.449. The van der Waals surface area contributed by atoms with Gasteiger partial charge in [-0.2, -0.15) is 0 Å². The summed E-state index contributed by atoms with van der Waals surface area (Å²) < 4.78 is 18.6. The normalized spacial score (nSPS) is 10.2. The number of hydrogen-bond acceptors (Lipinski definition) is 3. The Morgan fingerprint density at radius 3 is 2.38 bits per heavy atom. The van der Waals surface area contributed by atoms with Crippen molar-refractivity contribution in [1.82, 2.24) is 10.9 Å². The number of amides is 2. The topological polar surface area (TPSA) is 67.4 Å². The van der Waals surface area contributed by atoms with Crippen LogP contribution in [0, 0.1) is 5.82 Å². The monoisotopic (exact) mass is 390 g/mol. The van der Waals surface area contributed by atoms with E-state index in [9.17, 15) is 14.0 Å². The second-order valence-electron chi connectivity index (χ2n) is 4.47. The number of carbonyl (C=O) groups is 2. The fourth-order valence-electron chi connectivity index (χ4n) is 1.63. The number of carbonyl (C=O) groups excluding carboxylic acids is 2. The zero-order chi connectivity index (χ0) is 17.7. The summed E-state index contributed by atoms with van der Waals surface area (Å²) in [7, 11) is 0. The first-order valence-electron chi connectivity index (χ1n) is 6.49. The first kappa shape index (κ1) is 18.3. The molecule has 0 aliphatic carbocycles. The molecular weight excluding hydrogens is 382 g/mol. The Kier molecular flexibility index (Phi) is 6.25. The molecule has 0 fully saturated rings. The maximum atomic E-state index is 13.4. The van der Waals surface area contributed by atoms with Gasteiger partial charge in [0.25, 0.3) is 11.8 Å². The Hall–Kier alpha value is -2.02. The van der Waals surface area contributed by atoms with Crippen LogP contribution in [0.15, 0.2) is 36.4 Å². The lowest BCUT2D eigenvalue weighted by Crippen LogP contribution is -2.44. The predicted molar refractivity (Wildman–Crippen MR) is 89.0 cm³/mol. The van der Waals surface area contributed by atoms with Gasteiger partial charge >= 0.3 is 0 Å². The maximum absolute atomic E-state index is 13.4. The van der Waals surface area contributed by atoms with Gasteiger partial charge in [-0.05, 0) is 18.2 Å². The molecule has 24 heavy (non-hydrogen) atoms. The van der Waals surface area contributed by atoms with Crippen LogP contribution in [-0.4, -0.2) is 18.4 Å². The number of hydrazine groups is 1. The van der Waals surface area contributed by atoms with Crippen molar-refractivity contribution in [3.05, 3.63) is 62.8 Å².